The lowest BCUT2D eigenvalue weighted by atomic mass is 9.78. The Labute approximate surface area is 545 Å². The molecule has 6 rings (SSSR count). The topological polar surface area (TPSA) is 302 Å². The van der Waals surface area contributed by atoms with Gasteiger partial charge in [0.2, 0.25) is 11.8 Å². The van der Waals surface area contributed by atoms with Crippen LogP contribution in [-0.2, 0) is 70.1 Å². The van der Waals surface area contributed by atoms with E-state index in [0.717, 1.165) is 11.1 Å². The first kappa shape index (κ1) is 73.8. The van der Waals surface area contributed by atoms with E-state index in [-0.39, 0.29) is 103 Å². The molecule has 1 unspecified atom stereocenters. The van der Waals surface area contributed by atoms with E-state index >= 15 is 0 Å². The number of hydrogen-bond donors (Lipinski definition) is 4. The maximum atomic E-state index is 14.7. The van der Waals surface area contributed by atoms with Gasteiger partial charge < -0.3 is 59.7 Å². The minimum Gasteiger partial charge on any atom is -0.495 e. The quantitative estimate of drug-likeness (QED) is 0.0240. The van der Waals surface area contributed by atoms with Crippen LogP contribution in [0.15, 0.2) is 66.4 Å². The van der Waals surface area contributed by atoms with Crippen molar-refractivity contribution in [3.63, 3.8) is 0 Å². The van der Waals surface area contributed by atoms with Gasteiger partial charge in [0.25, 0.3) is 5.91 Å². The van der Waals surface area contributed by atoms with Gasteiger partial charge in [0, 0.05) is 76.9 Å². The van der Waals surface area contributed by atoms with E-state index in [1.807, 2.05) is 47.6 Å². The number of epoxide rings is 1. The van der Waals surface area contributed by atoms with Crippen LogP contribution in [0.1, 0.15) is 161 Å². The van der Waals surface area contributed by atoms with Crippen LogP contribution in [-0.4, -0.2) is 157 Å². The number of aliphatic hydroxyl groups is 1. The summed E-state index contributed by atoms with van der Waals surface area (Å²) in [6.07, 6.45) is 5.81. The Balaban J connectivity index is 1.21. The van der Waals surface area contributed by atoms with E-state index in [0.29, 0.717) is 60.9 Å². The molecule has 4 heterocycles. The molecule has 4 bridgehead atoms. The first-order chi connectivity index (χ1) is 43.5. The van der Waals surface area contributed by atoms with Crippen molar-refractivity contribution < 1.29 is 76.7 Å². The predicted molar refractivity (Wildman–Crippen MR) is 347 cm³/mol. The Morgan fingerprint density at radius 1 is 0.989 bits per heavy atom. The highest BCUT2D eigenvalue weighted by molar-refractivity contribution is 6.35. The van der Waals surface area contributed by atoms with Crippen molar-refractivity contribution in [1.29, 1.82) is 0 Å². The number of rotatable bonds is 27. The summed E-state index contributed by atoms with van der Waals surface area (Å²) in [6.45, 7) is 16.4. The van der Waals surface area contributed by atoms with Gasteiger partial charge in [-0.05, 0) is 120 Å². The number of hydrogen-bond acceptors (Lipinski definition) is 17. The Kier molecular flexibility index (Phi) is 26.5. The molecule has 3 aromatic rings. The van der Waals surface area contributed by atoms with Crippen LogP contribution < -0.4 is 26.0 Å². The lowest BCUT2D eigenvalue weighted by Crippen LogP contribution is -2.53. The van der Waals surface area contributed by atoms with Crippen molar-refractivity contribution in [2.75, 3.05) is 39.8 Å². The molecule has 2 saturated heterocycles. The van der Waals surface area contributed by atoms with Gasteiger partial charge in [0.1, 0.15) is 52.1 Å². The summed E-state index contributed by atoms with van der Waals surface area (Å²) in [5, 5.41) is 18.1. The fourth-order valence-electron chi connectivity index (χ4n) is 12.3. The summed E-state index contributed by atoms with van der Waals surface area (Å²) >= 11 is 6.90. The molecule has 22 nitrogen and oxygen atoms in total. The third kappa shape index (κ3) is 18.7. The zero-order valence-corrected chi connectivity index (χ0v) is 56.4. The number of nitrogens with two attached hydrogens (primary N) is 1. The number of nitrogens with one attached hydrogen (secondary N) is 2. The van der Waals surface area contributed by atoms with E-state index < -0.39 is 102 Å². The standard InChI is InChI=1S/C69H95ClN6O16/c1-14-45(15-2)66(84)89-41(6)22-16-17-23-47(77)35-50(39(3)4)63(81)74-51(25-20-30-73-67(71)85)53(78)34-46-27-28-49(61-48(46)24-19-29-72-61)64(82)75(10)43(8)65(83)91-57-36-58(79)76(11)52-32-44(33-54(87-12)60(52)70)31-40(5)21-18-26-56(88-13)69(86)37-55(90-59(80)38-69)42(7)62-68(57,9)92-62/h18-19,21,24,26-29,32-33,39,41-43,45,50-51,55-57,62,86H,14-17,20,22-23,25,30-31,34-38H2,1-13H3,(H,74,81)(H3,71,73,85)/b26-18+,40-21+/t41?,42-,43+,50+,51+,55+,56-,57+,62+,68+,69-/m1/s1. The highest BCUT2D eigenvalue weighted by Gasteiger charge is 2.64. The van der Waals surface area contributed by atoms with Crippen molar-refractivity contribution in [1.82, 2.24) is 20.5 Å². The minimum atomic E-state index is -1.67. The molecule has 5 N–H and O–H groups in total. The lowest BCUT2D eigenvalue weighted by Gasteiger charge is -2.41. The number of amides is 5. The first-order valence-electron chi connectivity index (χ1n) is 32.0. The largest absolute Gasteiger partial charge is 0.495 e. The van der Waals surface area contributed by atoms with Crippen LogP contribution in [0.2, 0.25) is 5.02 Å². The number of allylic oxidation sites excluding steroid dienone is 3. The third-order valence-corrected chi connectivity index (χ3v) is 18.8. The Bertz CT molecular complexity index is 3240. The minimum absolute atomic E-state index is 0.0217. The second kappa shape index (κ2) is 33.0. The summed E-state index contributed by atoms with van der Waals surface area (Å²) in [6, 6.07) is 6.92. The van der Waals surface area contributed by atoms with Crippen LogP contribution >= 0.6 is 11.6 Å². The van der Waals surface area contributed by atoms with Gasteiger partial charge in [-0.1, -0.05) is 82.2 Å². The van der Waals surface area contributed by atoms with E-state index in [4.69, 9.17) is 45.8 Å². The normalized spacial score (nSPS) is 24.0. The van der Waals surface area contributed by atoms with E-state index in [1.165, 1.54) is 50.3 Å². The number of ether oxygens (including phenoxy) is 6. The van der Waals surface area contributed by atoms with Gasteiger partial charge in [-0.25, -0.2) is 9.59 Å². The summed E-state index contributed by atoms with van der Waals surface area (Å²) in [5.74, 6) is -5.32. The smallest absolute Gasteiger partial charge is 0.328 e. The summed E-state index contributed by atoms with van der Waals surface area (Å²) < 4.78 is 35.6. The highest BCUT2D eigenvalue weighted by Crippen LogP contribution is 2.50. The molecule has 0 aliphatic carbocycles. The van der Waals surface area contributed by atoms with Gasteiger partial charge in [0.05, 0.1) is 60.9 Å². The molecule has 0 radical (unpaired) electrons. The number of carbonyl (C=O) groups excluding carboxylic acids is 9. The maximum Gasteiger partial charge on any atom is 0.328 e. The second-order valence-corrected chi connectivity index (χ2v) is 25.9. The zero-order valence-electron chi connectivity index (χ0n) is 55.6. The summed E-state index contributed by atoms with van der Waals surface area (Å²) in [4.78, 5) is 130. The Morgan fingerprint density at radius 3 is 2.37 bits per heavy atom. The van der Waals surface area contributed by atoms with Crippen molar-refractivity contribution in [2.45, 2.75) is 206 Å². The van der Waals surface area contributed by atoms with Crippen LogP contribution in [0.3, 0.4) is 0 Å². The van der Waals surface area contributed by atoms with E-state index in [9.17, 15) is 48.3 Å². The number of aromatic nitrogens is 1. The molecular weight excluding hydrogens is 1200 g/mol. The molecule has 3 aliphatic heterocycles. The number of halogens is 1. The van der Waals surface area contributed by atoms with Gasteiger partial charge in [-0.2, -0.15) is 0 Å². The van der Waals surface area contributed by atoms with Crippen LogP contribution in [0.4, 0.5) is 10.5 Å². The molecule has 2 aromatic carbocycles. The van der Waals surface area contributed by atoms with Crippen molar-refractivity contribution in [2.24, 2.45) is 29.4 Å². The van der Waals surface area contributed by atoms with E-state index in [1.54, 1.807) is 63.4 Å². The number of nitrogens with zero attached hydrogens (tertiary/aromatic N) is 3. The number of anilines is 1. The first-order valence-corrected chi connectivity index (χ1v) is 32.4. The molecule has 0 saturated carbocycles. The number of carbonyl (C=O) groups is 9. The molecule has 11 atom stereocenters. The number of pyridine rings is 1. The molecule has 3 aliphatic rings. The summed E-state index contributed by atoms with van der Waals surface area (Å²) in [5.41, 5.74) is 5.06. The van der Waals surface area contributed by atoms with Crippen molar-refractivity contribution in [3.05, 3.63) is 88.1 Å². The number of urea groups is 1. The number of likely N-dealkylation sites (N-methyl/N-ethyl adjacent to an activating group) is 1. The van der Waals surface area contributed by atoms with Crippen molar-refractivity contribution >= 4 is 81.4 Å². The third-order valence-electron chi connectivity index (χ3n) is 18.4. The molecule has 0 spiro atoms. The van der Waals surface area contributed by atoms with Crippen LogP contribution in [0, 0.1) is 23.7 Å². The number of esters is 3. The number of Topliss-reactive ketones (excluding diaryl/α,β-unsaturated/α-hetero) is 2. The average Bonchev–Trinajstić information content (AvgIpc) is 1.56. The monoisotopic (exact) mass is 1300 g/mol. The Hall–Kier alpha value is -7.27. The number of fused-ring (bicyclic) bond motifs is 6. The average molecular weight is 1300 g/mol. The number of benzene rings is 2. The molecule has 92 heavy (non-hydrogen) atoms. The molecular formula is C69H95ClN6O16. The number of unbranched alkanes of at least 4 members (excludes halogenated alkanes) is 1. The van der Waals surface area contributed by atoms with Crippen LogP contribution in [0.25, 0.3) is 10.9 Å². The van der Waals surface area contributed by atoms with Crippen LogP contribution in [0.5, 0.6) is 5.75 Å². The maximum absolute atomic E-state index is 14.7. The Morgan fingerprint density at radius 2 is 1.71 bits per heavy atom. The molecule has 1 aromatic heterocycles. The van der Waals surface area contributed by atoms with E-state index in [2.05, 4.69) is 15.6 Å². The lowest BCUT2D eigenvalue weighted by molar-refractivity contribution is -0.187. The number of primary amides is 1. The fourth-order valence-corrected chi connectivity index (χ4v) is 12.6. The summed E-state index contributed by atoms with van der Waals surface area (Å²) in [7, 11) is 5.87. The SMILES string of the molecule is CCC(CC)C(=O)OC(C)CCCCC(=O)C[C@H](C(=O)N[C@@H](CCCNC(N)=O)C(=O)Cc1ccc(C(=O)N(C)[C@@H](C)C(=O)O[C@H]2CC(=O)N(C)c3cc(cc(OC)c3Cl)C/C(C)=C/C=C/[C@@H](OC)[C@]3(O)CC(=O)O[C@@H](C3)[C@@H](C)[C@@H]3O[C@@]23C)c2ncccc12)C(C)C. The molecule has 504 valence electrons. The van der Waals surface area contributed by atoms with Gasteiger partial charge >= 0.3 is 23.9 Å². The van der Waals surface area contributed by atoms with Gasteiger partial charge in [0.15, 0.2) is 5.78 Å². The molecule has 5 amide bonds. The molecule has 23 heteroatoms. The predicted octanol–water partition coefficient (Wildman–Crippen LogP) is 8.83. The number of methoxy groups -OCH3 is 2. The number of ketones is 2. The second-order valence-electron chi connectivity index (χ2n) is 25.5. The van der Waals surface area contributed by atoms with Gasteiger partial charge in [-0.3, -0.25) is 38.5 Å². The highest BCUT2D eigenvalue weighted by atomic mass is 35.5. The molecule has 2 fully saturated rings. The fraction of sp³-hybridized carbons (Fsp3) is 0.594. The zero-order chi connectivity index (χ0) is 67.9. The van der Waals surface area contributed by atoms with Crippen molar-refractivity contribution in [3.8, 4) is 5.75 Å². The van der Waals surface area contributed by atoms with Gasteiger partial charge in [-0.15, -0.1) is 0 Å².